The third-order valence-electron chi connectivity index (χ3n) is 4.67. The minimum Gasteiger partial charge on any atom is -0.346 e. The van der Waals surface area contributed by atoms with E-state index in [1.807, 2.05) is 0 Å². The van der Waals surface area contributed by atoms with E-state index in [2.05, 4.69) is 13.8 Å². The Bertz CT molecular complexity index is 234. The summed E-state index contributed by atoms with van der Waals surface area (Å²) in [4.78, 5) is 11.0. The molecular weight excluding hydrogens is 312 g/mol. The molecule has 0 unspecified atom stereocenters. The zero-order valence-electron chi connectivity index (χ0n) is 17.1. The average molecular weight is 357 g/mol. The lowest BCUT2D eigenvalue weighted by atomic mass is 10.1. The smallest absolute Gasteiger partial charge is 0.214 e. The van der Waals surface area contributed by atoms with Crippen LogP contribution >= 0.6 is 0 Å². The summed E-state index contributed by atoms with van der Waals surface area (Å²) in [6.07, 6.45) is 20.5. The minimum absolute atomic E-state index is 0.635. The van der Waals surface area contributed by atoms with Crippen LogP contribution in [-0.4, -0.2) is 25.8 Å². The van der Waals surface area contributed by atoms with Crippen LogP contribution in [0.25, 0.3) is 0 Å². The Morgan fingerprint density at radius 2 is 0.880 bits per heavy atom. The summed E-state index contributed by atoms with van der Waals surface area (Å²) in [5, 5.41) is 0. The third kappa shape index (κ3) is 19.8. The third-order valence-corrected chi connectivity index (χ3v) is 4.67. The minimum atomic E-state index is -0.658. The average Bonchev–Trinajstić information content (AvgIpc) is 2.63. The Hall–Kier alpha value is -0.410. The van der Waals surface area contributed by atoms with E-state index in [0.29, 0.717) is 13.2 Å². The summed E-state index contributed by atoms with van der Waals surface area (Å²) in [7, 11) is 0. The fourth-order valence-corrected chi connectivity index (χ4v) is 3.00. The Morgan fingerprint density at radius 3 is 1.20 bits per heavy atom. The fraction of sp³-hybridized carbons (Fsp3) is 0.955. The van der Waals surface area contributed by atoms with Crippen LogP contribution in [-0.2, 0) is 14.3 Å². The maximum Gasteiger partial charge on any atom is 0.214 e. The molecule has 0 heterocycles. The number of carbonyl (C=O) groups is 1. The molecular formula is C22H44O3. The molecule has 0 atom stereocenters. The molecule has 150 valence electrons. The number of hydrogen-bond acceptors (Lipinski definition) is 3. The van der Waals surface area contributed by atoms with E-state index < -0.39 is 6.29 Å². The van der Waals surface area contributed by atoms with Crippen molar-refractivity contribution in [2.24, 2.45) is 0 Å². The molecule has 3 nitrogen and oxygen atoms in total. The summed E-state index contributed by atoms with van der Waals surface area (Å²) >= 11 is 0. The summed E-state index contributed by atoms with van der Waals surface area (Å²) in [6.45, 7) is 5.76. The van der Waals surface area contributed by atoms with E-state index in [1.165, 1.54) is 89.9 Å². The Kier molecular flexibility index (Phi) is 21.3. The quantitative estimate of drug-likeness (QED) is 0.128. The maximum absolute atomic E-state index is 11.0. The van der Waals surface area contributed by atoms with Crippen molar-refractivity contribution in [3.63, 3.8) is 0 Å². The number of unbranched alkanes of at least 4 members (excludes halogenated alkanes) is 14. The van der Waals surface area contributed by atoms with Gasteiger partial charge in [-0.15, -0.1) is 0 Å². The van der Waals surface area contributed by atoms with Crippen molar-refractivity contribution in [2.45, 2.75) is 123 Å². The van der Waals surface area contributed by atoms with E-state index >= 15 is 0 Å². The first-order valence-corrected chi connectivity index (χ1v) is 11.0. The van der Waals surface area contributed by atoms with Gasteiger partial charge >= 0.3 is 0 Å². The van der Waals surface area contributed by atoms with Crippen LogP contribution in [0.1, 0.15) is 117 Å². The molecule has 25 heavy (non-hydrogen) atoms. The predicted molar refractivity (Wildman–Crippen MR) is 107 cm³/mol. The van der Waals surface area contributed by atoms with E-state index in [-0.39, 0.29) is 0 Å². The van der Waals surface area contributed by atoms with Gasteiger partial charge < -0.3 is 9.47 Å². The molecule has 0 aliphatic rings. The van der Waals surface area contributed by atoms with Crippen LogP contribution in [0.15, 0.2) is 0 Å². The van der Waals surface area contributed by atoms with Crippen molar-refractivity contribution >= 4 is 6.29 Å². The van der Waals surface area contributed by atoms with Gasteiger partial charge in [0.2, 0.25) is 6.29 Å². The summed E-state index contributed by atoms with van der Waals surface area (Å²) in [5.41, 5.74) is 0. The molecule has 0 amide bonds. The lowest BCUT2D eigenvalue weighted by molar-refractivity contribution is -0.158. The Balaban J connectivity index is 3.30. The van der Waals surface area contributed by atoms with Crippen molar-refractivity contribution in [2.75, 3.05) is 13.2 Å². The van der Waals surface area contributed by atoms with Gasteiger partial charge in [0.1, 0.15) is 0 Å². The zero-order chi connectivity index (χ0) is 18.4. The van der Waals surface area contributed by atoms with Crippen LogP contribution in [0.2, 0.25) is 0 Å². The molecule has 0 aromatic heterocycles. The van der Waals surface area contributed by atoms with Gasteiger partial charge in [-0.05, 0) is 12.8 Å². The van der Waals surface area contributed by atoms with Gasteiger partial charge in [0, 0.05) is 0 Å². The summed E-state index contributed by atoms with van der Waals surface area (Å²) < 4.78 is 11.0. The fourth-order valence-electron chi connectivity index (χ4n) is 3.00. The molecule has 0 spiro atoms. The molecule has 0 bridgehead atoms. The highest BCUT2D eigenvalue weighted by atomic mass is 16.7. The highest BCUT2D eigenvalue weighted by molar-refractivity contribution is 5.53. The molecule has 0 aromatic rings. The van der Waals surface area contributed by atoms with Gasteiger partial charge in [-0.25, -0.2) is 0 Å². The van der Waals surface area contributed by atoms with E-state index in [1.54, 1.807) is 0 Å². The molecule has 0 rings (SSSR count). The van der Waals surface area contributed by atoms with Crippen LogP contribution in [0.5, 0.6) is 0 Å². The molecule has 0 aromatic carbocycles. The second-order valence-corrected chi connectivity index (χ2v) is 7.20. The predicted octanol–water partition coefficient (Wildman–Crippen LogP) is 6.83. The number of aldehydes is 1. The van der Waals surface area contributed by atoms with Gasteiger partial charge in [0.05, 0.1) is 13.2 Å². The van der Waals surface area contributed by atoms with Crippen LogP contribution in [0.4, 0.5) is 0 Å². The Morgan fingerprint density at radius 1 is 0.560 bits per heavy atom. The van der Waals surface area contributed by atoms with Gasteiger partial charge in [0.25, 0.3) is 0 Å². The molecule has 3 heteroatoms. The van der Waals surface area contributed by atoms with Crippen molar-refractivity contribution in [3.8, 4) is 0 Å². The SMILES string of the molecule is CCCCCCCCCCOC(C=O)OCCCCCCCCCC. The van der Waals surface area contributed by atoms with Crippen LogP contribution in [0.3, 0.4) is 0 Å². The van der Waals surface area contributed by atoms with Crippen molar-refractivity contribution in [1.29, 1.82) is 0 Å². The number of hydrogen-bond donors (Lipinski definition) is 0. The topological polar surface area (TPSA) is 35.5 Å². The number of rotatable bonds is 21. The molecule has 0 saturated carbocycles. The van der Waals surface area contributed by atoms with Gasteiger partial charge in [-0.2, -0.15) is 0 Å². The molecule has 0 radical (unpaired) electrons. The van der Waals surface area contributed by atoms with E-state index in [0.717, 1.165) is 19.1 Å². The van der Waals surface area contributed by atoms with Crippen LogP contribution < -0.4 is 0 Å². The summed E-state index contributed by atoms with van der Waals surface area (Å²) in [6, 6.07) is 0. The maximum atomic E-state index is 11.0. The lowest BCUT2D eigenvalue weighted by Crippen LogP contribution is -2.20. The van der Waals surface area contributed by atoms with Crippen molar-refractivity contribution in [3.05, 3.63) is 0 Å². The molecule has 0 fully saturated rings. The summed E-state index contributed by atoms with van der Waals surface area (Å²) in [5.74, 6) is 0. The standard InChI is InChI=1S/C22H44O3/c1-3-5-7-9-11-13-15-17-19-24-22(21-23)25-20-18-16-14-12-10-8-6-4-2/h21-22H,3-20H2,1-2H3. The largest absolute Gasteiger partial charge is 0.346 e. The van der Waals surface area contributed by atoms with Gasteiger partial charge in [-0.1, -0.05) is 104 Å². The normalized spacial score (nSPS) is 11.3. The zero-order valence-corrected chi connectivity index (χ0v) is 17.1. The van der Waals surface area contributed by atoms with E-state index in [9.17, 15) is 4.79 Å². The monoisotopic (exact) mass is 356 g/mol. The van der Waals surface area contributed by atoms with Crippen LogP contribution in [0, 0.1) is 0 Å². The molecule has 0 saturated heterocycles. The number of carbonyl (C=O) groups excluding carboxylic acids is 1. The highest BCUT2D eigenvalue weighted by Crippen LogP contribution is 2.10. The number of ether oxygens (including phenoxy) is 2. The van der Waals surface area contributed by atoms with Gasteiger partial charge in [0.15, 0.2) is 6.29 Å². The first-order chi connectivity index (χ1) is 12.3. The molecule has 0 aliphatic heterocycles. The second kappa shape index (κ2) is 21.6. The second-order valence-electron chi connectivity index (χ2n) is 7.20. The first kappa shape index (κ1) is 24.6. The lowest BCUT2D eigenvalue weighted by Gasteiger charge is -2.13. The molecule has 0 aliphatic carbocycles. The van der Waals surface area contributed by atoms with Gasteiger partial charge in [-0.3, -0.25) is 4.79 Å². The Labute approximate surface area is 157 Å². The molecule has 0 N–H and O–H groups in total. The van der Waals surface area contributed by atoms with Crippen molar-refractivity contribution < 1.29 is 14.3 Å². The van der Waals surface area contributed by atoms with E-state index in [4.69, 9.17) is 9.47 Å². The highest BCUT2D eigenvalue weighted by Gasteiger charge is 2.06. The first-order valence-electron chi connectivity index (χ1n) is 11.0. The van der Waals surface area contributed by atoms with Crippen molar-refractivity contribution in [1.82, 2.24) is 0 Å².